The molecule has 0 spiro atoms. The van der Waals surface area contributed by atoms with Gasteiger partial charge in [-0.3, -0.25) is 4.79 Å². The molecule has 0 radical (unpaired) electrons. The lowest BCUT2D eigenvalue weighted by molar-refractivity contribution is -0.124. The van der Waals surface area contributed by atoms with Crippen LogP contribution >= 0.6 is 11.6 Å². The van der Waals surface area contributed by atoms with Crippen molar-refractivity contribution < 1.29 is 9.53 Å². The van der Waals surface area contributed by atoms with Crippen LogP contribution in [0.5, 0.6) is 5.75 Å². The summed E-state index contributed by atoms with van der Waals surface area (Å²) in [5.74, 6) is 0.978. The van der Waals surface area contributed by atoms with Crippen LogP contribution in [0.15, 0.2) is 24.3 Å². The number of benzene rings is 1. The molecule has 3 nitrogen and oxygen atoms in total. The summed E-state index contributed by atoms with van der Waals surface area (Å²) in [5.41, 5.74) is 0.610. The van der Waals surface area contributed by atoms with Crippen molar-refractivity contribution in [2.24, 2.45) is 0 Å². The Hall–Kier alpha value is -1.22. The number of hydrogen-bond donors (Lipinski definition) is 1. The highest BCUT2D eigenvalue weighted by atomic mass is 35.5. The molecule has 0 aromatic heterocycles. The molecule has 1 aliphatic heterocycles. The minimum absolute atomic E-state index is 0.00931. The van der Waals surface area contributed by atoms with E-state index in [1.54, 1.807) is 0 Å². The van der Waals surface area contributed by atoms with Crippen molar-refractivity contribution in [2.75, 3.05) is 12.5 Å². The largest absolute Gasteiger partial charge is 0.492 e. The van der Waals surface area contributed by atoms with Crippen LogP contribution in [0.25, 0.3) is 0 Å². The minimum atomic E-state index is -0.351. The van der Waals surface area contributed by atoms with E-state index >= 15 is 0 Å². The van der Waals surface area contributed by atoms with Gasteiger partial charge in [0, 0.05) is 11.4 Å². The average molecular weight is 268 g/mol. The third kappa shape index (κ3) is 2.46. The van der Waals surface area contributed by atoms with Gasteiger partial charge in [0.1, 0.15) is 18.3 Å². The highest BCUT2D eigenvalue weighted by Gasteiger charge is 2.33. The molecule has 1 aromatic rings. The zero-order valence-corrected chi connectivity index (χ0v) is 11.5. The zero-order chi connectivity index (χ0) is 13.2. The van der Waals surface area contributed by atoms with Gasteiger partial charge in [0.15, 0.2) is 0 Å². The number of fused-ring (bicyclic) bond motifs is 1. The number of carbonyl (C=O) groups excluding carboxylic acids is 1. The van der Waals surface area contributed by atoms with E-state index in [4.69, 9.17) is 16.3 Å². The summed E-state index contributed by atoms with van der Waals surface area (Å²) >= 11 is 5.91. The van der Waals surface area contributed by atoms with E-state index < -0.39 is 0 Å². The monoisotopic (exact) mass is 267 g/mol. The summed E-state index contributed by atoms with van der Waals surface area (Å²) in [6.07, 6.45) is 0.803. The van der Waals surface area contributed by atoms with Gasteiger partial charge in [0.05, 0.1) is 5.54 Å². The normalized spacial score (nSPS) is 20.7. The first-order chi connectivity index (χ1) is 8.59. The van der Waals surface area contributed by atoms with Crippen LogP contribution in [0.1, 0.15) is 31.7 Å². The molecule has 0 fully saturated rings. The first-order valence-electron chi connectivity index (χ1n) is 6.19. The van der Waals surface area contributed by atoms with Crippen LogP contribution in [0.3, 0.4) is 0 Å². The lowest BCUT2D eigenvalue weighted by Crippen LogP contribution is -2.49. The van der Waals surface area contributed by atoms with E-state index in [9.17, 15) is 4.79 Å². The summed E-state index contributed by atoms with van der Waals surface area (Å²) < 4.78 is 5.52. The summed E-state index contributed by atoms with van der Waals surface area (Å²) in [5, 5.41) is 3.02. The Morgan fingerprint density at radius 1 is 1.56 bits per heavy atom. The average Bonchev–Trinajstić information content (AvgIpc) is 2.82. The van der Waals surface area contributed by atoms with Crippen LogP contribution in [0.2, 0.25) is 0 Å². The molecule has 2 rings (SSSR count). The molecule has 0 saturated heterocycles. The number of ether oxygens (including phenoxy) is 1. The number of rotatable bonds is 4. The molecule has 0 aliphatic carbocycles. The number of amides is 1. The first kappa shape index (κ1) is 13.2. The molecular formula is C14H18ClNO2. The van der Waals surface area contributed by atoms with Crippen molar-refractivity contribution in [1.82, 2.24) is 5.32 Å². The molecule has 1 aromatic carbocycles. The molecule has 1 aliphatic rings. The third-order valence-electron chi connectivity index (χ3n) is 3.52. The molecule has 18 heavy (non-hydrogen) atoms. The molecule has 98 valence electrons. The smallest absolute Gasteiger partial charge is 0.231 e. The second-order valence-corrected chi connectivity index (χ2v) is 5.21. The fraction of sp³-hybridized carbons (Fsp3) is 0.500. The lowest BCUT2D eigenvalue weighted by atomic mass is 9.96. The minimum Gasteiger partial charge on any atom is -0.492 e. The Bertz CT molecular complexity index is 443. The molecule has 1 amide bonds. The third-order valence-corrected chi connectivity index (χ3v) is 4.11. The SMILES string of the molecule is CCC(C)(CCl)NC(=O)C1COc2ccccc21. The number of alkyl halides is 1. The maximum Gasteiger partial charge on any atom is 0.231 e. The molecule has 0 saturated carbocycles. The van der Waals surface area contributed by atoms with Gasteiger partial charge in [0.25, 0.3) is 0 Å². The van der Waals surface area contributed by atoms with Gasteiger partial charge in [-0.15, -0.1) is 11.6 Å². The molecule has 0 bridgehead atoms. The van der Waals surface area contributed by atoms with Gasteiger partial charge < -0.3 is 10.1 Å². The van der Waals surface area contributed by atoms with Crippen LogP contribution in [0, 0.1) is 0 Å². The van der Waals surface area contributed by atoms with Crippen LogP contribution in [-0.4, -0.2) is 23.9 Å². The van der Waals surface area contributed by atoms with Crippen molar-refractivity contribution in [3.05, 3.63) is 29.8 Å². The molecule has 2 unspecified atom stereocenters. The van der Waals surface area contributed by atoms with Crippen LogP contribution in [0.4, 0.5) is 0 Å². The Labute approximate surface area is 112 Å². The summed E-state index contributed by atoms with van der Waals surface area (Å²) in [4.78, 5) is 12.3. The van der Waals surface area contributed by atoms with Crippen molar-refractivity contribution in [2.45, 2.75) is 31.7 Å². The predicted octanol–water partition coefficient (Wildman–Crippen LogP) is 2.69. The Balaban J connectivity index is 2.12. The number of halogens is 1. The predicted molar refractivity (Wildman–Crippen MR) is 72.2 cm³/mol. The van der Waals surface area contributed by atoms with Crippen LogP contribution in [-0.2, 0) is 4.79 Å². The van der Waals surface area contributed by atoms with E-state index in [-0.39, 0.29) is 17.4 Å². The van der Waals surface area contributed by atoms with E-state index in [0.29, 0.717) is 12.5 Å². The van der Waals surface area contributed by atoms with Gasteiger partial charge in [-0.25, -0.2) is 0 Å². The highest BCUT2D eigenvalue weighted by Crippen LogP contribution is 2.33. The van der Waals surface area contributed by atoms with Gasteiger partial charge in [0.2, 0.25) is 5.91 Å². The van der Waals surface area contributed by atoms with Gasteiger partial charge >= 0.3 is 0 Å². The number of para-hydroxylation sites is 1. The number of hydrogen-bond acceptors (Lipinski definition) is 2. The second-order valence-electron chi connectivity index (χ2n) is 4.94. The van der Waals surface area contributed by atoms with E-state index in [0.717, 1.165) is 17.7 Å². The van der Waals surface area contributed by atoms with Gasteiger partial charge in [-0.1, -0.05) is 25.1 Å². The van der Waals surface area contributed by atoms with Crippen molar-refractivity contribution >= 4 is 17.5 Å². The van der Waals surface area contributed by atoms with Gasteiger partial charge in [-0.2, -0.15) is 0 Å². The molecule has 1 heterocycles. The maximum atomic E-state index is 12.3. The second kappa shape index (κ2) is 5.19. The zero-order valence-electron chi connectivity index (χ0n) is 10.7. The molecule has 4 heteroatoms. The number of carbonyl (C=O) groups is 1. The van der Waals surface area contributed by atoms with E-state index in [2.05, 4.69) is 5.32 Å². The quantitative estimate of drug-likeness (QED) is 0.852. The fourth-order valence-electron chi connectivity index (χ4n) is 1.98. The number of nitrogens with one attached hydrogen (secondary N) is 1. The van der Waals surface area contributed by atoms with Crippen molar-refractivity contribution in [3.8, 4) is 5.75 Å². The van der Waals surface area contributed by atoms with E-state index in [1.807, 2.05) is 38.1 Å². The van der Waals surface area contributed by atoms with Crippen molar-refractivity contribution in [3.63, 3.8) is 0 Å². The summed E-state index contributed by atoms with van der Waals surface area (Å²) in [6, 6.07) is 7.67. The summed E-state index contributed by atoms with van der Waals surface area (Å²) in [7, 11) is 0. The Morgan fingerprint density at radius 3 is 2.94 bits per heavy atom. The maximum absolute atomic E-state index is 12.3. The van der Waals surface area contributed by atoms with E-state index in [1.165, 1.54) is 0 Å². The van der Waals surface area contributed by atoms with Crippen LogP contribution < -0.4 is 10.1 Å². The topological polar surface area (TPSA) is 38.3 Å². The Kier molecular flexibility index (Phi) is 3.81. The highest BCUT2D eigenvalue weighted by molar-refractivity contribution is 6.18. The van der Waals surface area contributed by atoms with Crippen molar-refractivity contribution in [1.29, 1.82) is 0 Å². The fourth-order valence-corrected chi connectivity index (χ4v) is 2.24. The standard InChI is InChI=1S/C14H18ClNO2/c1-3-14(2,9-15)16-13(17)11-8-18-12-7-5-4-6-10(11)12/h4-7,11H,3,8-9H2,1-2H3,(H,16,17). The first-order valence-corrected chi connectivity index (χ1v) is 6.73. The molecule has 2 atom stereocenters. The molecule has 1 N–H and O–H groups in total. The molecular weight excluding hydrogens is 250 g/mol. The summed E-state index contributed by atoms with van der Waals surface area (Å²) in [6.45, 7) is 4.38. The Morgan fingerprint density at radius 2 is 2.28 bits per heavy atom. The lowest BCUT2D eigenvalue weighted by Gasteiger charge is -2.28. The van der Waals surface area contributed by atoms with Gasteiger partial charge in [-0.05, 0) is 19.4 Å².